The van der Waals surface area contributed by atoms with E-state index in [4.69, 9.17) is 9.47 Å². The molecule has 2 fully saturated rings. The maximum Gasteiger partial charge on any atom is 0.311 e. The number of fused-ring (bicyclic) bond motifs is 1. The zero-order valence-electron chi connectivity index (χ0n) is 17.5. The fraction of sp³-hybridized carbons (Fsp3) is 0.619. The minimum atomic E-state index is -0.716. The van der Waals surface area contributed by atoms with Crippen LogP contribution in [0.5, 0.6) is 11.5 Å². The van der Waals surface area contributed by atoms with Crippen molar-refractivity contribution < 1.29 is 24.2 Å². The first-order valence-corrected chi connectivity index (χ1v) is 9.78. The number of carbonyl (C=O) groups is 2. The molecule has 1 aliphatic carbocycles. The van der Waals surface area contributed by atoms with Gasteiger partial charge in [-0.25, -0.2) is 0 Å². The van der Waals surface area contributed by atoms with Gasteiger partial charge in [0.25, 0.3) is 0 Å². The van der Waals surface area contributed by atoms with E-state index >= 15 is 0 Å². The Labute approximate surface area is 178 Å². The monoisotopic (exact) mass is 426 g/mol. The van der Waals surface area contributed by atoms with E-state index in [1.54, 1.807) is 14.2 Å². The van der Waals surface area contributed by atoms with Crippen LogP contribution in [0.25, 0.3) is 0 Å². The third kappa shape index (κ3) is 4.46. The molecule has 1 unspecified atom stereocenters. The Morgan fingerprint density at radius 2 is 1.97 bits per heavy atom. The lowest BCUT2D eigenvalue weighted by atomic mass is 9.81. The molecule has 3 atom stereocenters. The molecule has 2 N–H and O–H groups in total. The maximum absolute atomic E-state index is 12.6. The number of benzene rings is 1. The number of carboxylic acid groups (broad SMARTS) is 1. The van der Waals surface area contributed by atoms with E-state index in [0.29, 0.717) is 31.0 Å². The number of amides is 1. The van der Waals surface area contributed by atoms with Gasteiger partial charge in [-0.1, -0.05) is 6.42 Å². The molecule has 0 radical (unpaired) electrons. The van der Waals surface area contributed by atoms with E-state index in [1.807, 2.05) is 30.9 Å². The van der Waals surface area contributed by atoms with Crippen molar-refractivity contribution in [2.24, 2.45) is 11.3 Å². The number of halogens is 1. The molecule has 8 heteroatoms. The van der Waals surface area contributed by atoms with Crippen LogP contribution in [0.15, 0.2) is 12.1 Å². The van der Waals surface area contributed by atoms with Crippen LogP contribution in [0.3, 0.4) is 0 Å². The summed E-state index contributed by atoms with van der Waals surface area (Å²) in [6.45, 7) is 5.28. The molecule has 1 saturated heterocycles. The van der Waals surface area contributed by atoms with Gasteiger partial charge in [-0.3, -0.25) is 14.5 Å². The van der Waals surface area contributed by atoms with Crippen molar-refractivity contribution in [3.05, 3.63) is 23.3 Å². The molecule has 162 valence electrons. The van der Waals surface area contributed by atoms with Crippen molar-refractivity contribution in [3.8, 4) is 11.5 Å². The molecule has 1 heterocycles. The first-order valence-electron chi connectivity index (χ1n) is 9.78. The molecule has 1 amide bonds. The van der Waals surface area contributed by atoms with Crippen LogP contribution in [-0.2, 0) is 9.59 Å². The molecule has 3 rings (SSSR count). The third-order valence-corrected chi connectivity index (χ3v) is 6.35. The van der Waals surface area contributed by atoms with Crippen molar-refractivity contribution in [3.63, 3.8) is 0 Å². The minimum Gasteiger partial charge on any atom is -0.493 e. The lowest BCUT2D eigenvalue weighted by Crippen LogP contribution is -2.40. The van der Waals surface area contributed by atoms with Crippen LogP contribution in [0.2, 0.25) is 0 Å². The summed E-state index contributed by atoms with van der Waals surface area (Å²) in [6.07, 6.45) is 2.62. The maximum atomic E-state index is 12.6. The first kappa shape index (κ1) is 23.3. The van der Waals surface area contributed by atoms with Crippen LogP contribution < -0.4 is 14.8 Å². The molecule has 7 nitrogen and oxygen atoms in total. The zero-order chi connectivity index (χ0) is 20.5. The summed E-state index contributed by atoms with van der Waals surface area (Å²) in [4.78, 5) is 26.4. The van der Waals surface area contributed by atoms with Gasteiger partial charge in [-0.15, -0.1) is 12.4 Å². The highest BCUT2D eigenvalue weighted by molar-refractivity contribution is 5.85. The highest BCUT2D eigenvalue weighted by atomic mass is 35.5. The Bertz CT molecular complexity index is 772. The number of nitrogens with zero attached hydrogens (tertiary/aromatic N) is 1. The van der Waals surface area contributed by atoms with Crippen LogP contribution in [-0.4, -0.2) is 55.7 Å². The Hall–Kier alpha value is -1.99. The fourth-order valence-corrected chi connectivity index (χ4v) is 4.89. The Morgan fingerprint density at radius 3 is 2.55 bits per heavy atom. The largest absolute Gasteiger partial charge is 0.493 e. The second-order valence-electron chi connectivity index (χ2n) is 8.07. The van der Waals surface area contributed by atoms with E-state index in [1.165, 1.54) is 0 Å². The zero-order valence-corrected chi connectivity index (χ0v) is 18.3. The number of carboxylic acids is 1. The average Bonchev–Trinajstić information content (AvgIpc) is 3.19. The van der Waals surface area contributed by atoms with Gasteiger partial charge in [-0.05, 0) is 55.9 Å². The van der Waals surface area contributed by atoms with Crippen LogP contribution >= 0.6 is 12.4 Å². The highest BCUT2D eigenvalue weighted by Gasteiger charge is 2.54. The number of hydrogen-bond acceptors (Lipinski definition) is 5. The van der Waals surface area contributed by atoms with Crippen molar-refractivity contribution in [2.45, 2.75) is 39.2 Å². The number of methoxy groups -OCH3 is 2. The van der Waals surface area contributed by atoms with Gasteiger partial charge in [-0.2, -0.15) is 0 Å². The van der Waals surface area contributed by atoms with Crippen LogP contribution in [0.1, 0.15) is 43.4 Å². The molecule has 1 aliphatic heterocycles. The predicted molar refractivity (Wildman–Crippen MR) is 112 cm³/mol. The molecule has 1 aromatic rings. The predicted octanol–water partition coefficient (Wildman–Crippen LogP) is 2.80. The number of rotatable bonds is 7. The van der Waals surface area contributed by atoms with E-state index in [0.717, 1.165) is 24.0 Å². The molecule has 0 bridgehead atoms. The van der Waals surface area contributed by atoms with Crippen molar-refractivity contribution in [1.29, 1.82) is 0 Å². The Kier molecular flexibility index (Phi) is 7.40. The van der Waals surface area contributed by atoms with Crippen LogP contribution in [0, 0.1) is 18.3 Å². The summed E-state index contributed by atoms with van der Waals surface area (Å²) in [6, 6.07) is 3.59. The minimum absolute atomic E-state index is 0. The topological polar surface area (TPSA) is 88.1 Å². The van der Waals surface area contributed by atoms with Crippen LogP contribution in [0.4, 0.5) is 0 Å². The van der Waals surface area contributed by atoms with Gasteiger partial charge < -0.3 is 19.9 Å². The Morgan fingerprint density at radius 1 is 1.31 bits per heavy atom. The second kappa shape index (κ2) is 9.22. The van der Waals surface area contributed by atoms with Gasteiger partial charge in [0.15, 0.2) is 11.5 Å². The van der Waals surface area contributed by atoms with Gasteiger partial charge in [0.2, 0.25) is 5.91 Å². The quantitative estimate of drug-likeness (QED) is 0.697. The van der Waals surface area contributed by atoms with E-state index in [2.05, 4.69) is 5.32 Å². The second-order valence-corrected chi connectivity index (χ2v) is 8.07. The molecular weight excluding hydrogens is 396 g/mol. The summed E-state index contributed by atoms with van der Waals surface area (Å²) >= 11 is 0. The molecule has 1 saturated carbocycles. The molecule has 0 aromatic heterocycles. The van der Waals surface area contributed by atoms with Crippen molar-refractivity contribution in [2.75, 3.05) is 33.9 Å². The fourth-order valence-electron chi connectivity index (χ4n) is 4.89. The summed E-state index contributed by atoms with van der Waals surface area (Å²) in [7, 11) is 3.18. The number of ether oxygens (including phenoxy) is 2. The number of nitrogens with one attached hydrogen (secondary N) is 1. The van der Waals surface area contributed by atoms with E-state index < -0.39 is 11.4 Å². The van der Waals surface area contributed by atoms with Gasteiger partial charge in [0, 0.05) is 13.1 Å². The third-order valence-electron chi connectivity index (χ3n) is 6.35. The standard InChI is InChI=1S/C21H30N2O5.ClH/c1-13-8-17(27-3)18(28-4)9-16(13)14(2)22-19(24)11-23-10-15-6-5-7-21(15,12-23)20(25)26;/h8-9,14-15H,5-7,10-12H2,1-4H3,(H,22,24)(H,25,26);1H/t14?,15-,21+;/m0./s1. The van der Waals surface area contributed by atoms with Gasteiger partial charge in [0.05, 0.1) is 32.2 Å². The summed E-state index contributed by atoms with van der Waals surface area (Å²) in [5, 5.41) is 12.7. The normalized spacial score (nSPS) is 24.3. The number of likely N-dealkylation sites (tertiary alicyclic amines) is 1. The van der Waals surface area contributed by atoms with E-state index in [9.17, 15) is 14.7 Å². The average molecular weight is 427 g/mol. The molecule has 29 heavy (non-hydrogen) atoms. The van der Waals surface area contributed by atoms with Gasteiger partial charge in [0.1, 0.15) is 0 Å². The first-order chi connectivity index (χ1) is 13.3. The van der Waals surface area contributed by atoms with E-state index in [-0.39, 0.29) is 36.8 Å². The summed E-state index contributed by atoms with van der Waals surface area (Å²) < 4.78 is 10.7. The molecule has 0 spiro atoms. The highest BCUT2D eigenvalue weighted by Crippen LogP contribution is 2.48. The molecule has 2 aliphatic rings. The lowest BCUT2D eigenvalue weighted by Gasteiger charge is -2.24. The summed E-state index contributed by atoms with van der Waals surface area (Å²) in [5.41, 5.74) is 1.31. The molecule has 1 aromatic carbocycles. The van der Waals surface area contributed by atoms with Gasteiger partial charge >= 0.3 is 5.97 Å². The number of aliphatic carboxylic acids is 1. The number of aryl methyl sites for hydroxylation is 1. The lowest BCUT2D eigenvalue weighted by molar-refractivity contribution is -0.149. The molecular formula is C21H31ClN2O5. The number of hydrogen-bond donors (Lipinski definition) is 2. The Balaban J connectivity index is 0.00000300. The number of carbonyl (C=O) groups excluding carboxylic acids is 1. The SMILES string of the molecule is COc1cc(C)c(C(C)NC(=O)CN2C[C@@H]3CCC[C@@]3(C(=O)O)C2)cc1OC.Cl. The smallest absolute Gasteiger partial charge is 0.311 e. The summed E-state index contributed by atoms with van der Waals surface area (Å²) in [5.74, 6) is 0.627. The van der Waals surface area contributed by atoms with Crippen molar-refractivity contribution in [1.82, 2.24) is 10.2 Å². The van der Waals surface area contributed by atoms with Crippen molar-refractivity contribution >= 4 is 24.3 Å².